The Hall–Kier alpha value is -2.54. The predicted molar refractivity (Wildman–Crippen MR) is 77.9 cm³/mol. The number of hydrogen-bond donors (Lipinski definition) is 0. The minimum Gasteiger partial charge on any atom is -0.296 e. The number of terminal acetylenes is 1. The highest BCUT2D eigenvalue weighted by Crippen LogP contribution is 2.28. The molecule has 1 unspecified atom stereocenters. The van der Waals surface area contributed by atoms with E-state index in [-0.39, 0.29) is 11.8 Å². The summed E-state index contributed by atoms with van der Waals surface area (Å²) >= 11 is 0. The highest BCUT2D eigenvalue weighted by molar-refractivity contribution is 5.95. The van der Waals surface area contributed by atoms with Gasteiger partial charge < -0.3 is 0 Å². The van der Waals surface area contributed by atoms with Crippen LogP contribution in [0.2, 0.25) is 0 Å². The summed E-state index contributed by atoms with van der Waals surface area (Å²) in [4.78, 5) is 13.8. The van der Waals surface area contributed by atoms with Gasteiger partial charge in [0.15, 0.2) is 0 Å². The molecule has 0 bridgehead atoms. The third-order valence-electron chi connectivity index (χ3n) is 3.56. The Labute approximate surface area is 118 Å². The molecule has 20 heavy (non-hydrogen) atoms. The first-order chi connectivity index (χ1) is 9.69. The molecule has 1 aliphatic heterocycles. The van der Waals surface area contributed by atoms with Crippen molar-refractivity contribution >= 4 is 11.7 Å². The Morgan fingerprint density at radius 1 is 1.35 bits per heavy atom. The SMILES string of the molecule is C#CC1CC(=O)N(c2cc(-c3ccccc3)nn2C)C1. The molecule has 0 spiro atoms. The van der Waals surface area contributed by atoms with Crippen LogP contribution in [0.4, 0.5) is 5.82 Å². The van der Waals surface area contributed by atoms with Crippen LogP contribution in [-0.2, 0) is 11.8 Å². The predicted octanol–water partition coefficient (Wildman–Crippen LogP) is 2.07. The quantitative estimate of drug-likeness (QED) is 0.780. The van der Waals surface area contributed by atoms with Gasteiger partial charge in [0, 0.05) is 37.6 Å². The normalized spacial score (nSPS) is 18.3. The van der Waals surface area contributed by atoms with Crippen molar-refractivity contribution in [3.8, 4) is 23.6 Å². The number of benzene rings is 1. The number of carbonyl (C=O) groups is 1. The molecular weight excluding hydrogens is 250 g/mol. The number of carbonyl (C=O) groups excluding carboxylic acids is 1. The van der Waals surface area contributed by atoms with Gasteiger partial charge in [0.05, 0.1) is 5.69 Å². The minimum absolute atomic E-state index is 0.00225. The van der Waals surface area contributed by atoms with Crippen LogP contribution in [0.25, 0.3) is 11.3 Å². The van der Waals surface area contributed by atoms with E-state index < -0.39 is 0 Å². The van der Waals surface area contributed by atoms with Crippen LogP contribution in [0, 0.1) is 18.3 Å². The Balaban J connectivity index is 1.95. The molecule has 2 aromatic rings. The molecule has 0 aliphatic carbocycles. The van der Waals surface area contributed by atoms with Crippen LogP contribution in [-0.4, -0.2) is 22.2 Å². The average Bonchev–Trinajstić information content (AvgIpc) is 3.02. The molecule has 4 nitrogen and oxygen atoms in total. The lowest BCUT2D eigenvalue weighted by molar-refractivity contribution is -0.117. The first-order valence-electron chi connectivity index (χ1n) is 6.55. The molecule has 1 amide bonds. The maximum absolute atomic E-state index is 12.0. The summed E-state index contributed by atoms with van der Waals surface area (Å²) in [5.41, 5.74) is 1.90. The Bertz CT molecular complexity index is 681. The summed E-state index contributed by atoms with van der Waals surface area (Å²) in [6.07, 6.45) is 5.84. The van der Waals surface area contributed by atoms with Crippen molar-refractivity contribution in [2.45, 2.75) is 6.42 Å². The third kappa shape index (κ3) is 2.08. The Kier molecular flexibility index (Phi) is 3.03. The number of aromatic nitrogens is 2. The van der Waals surface area contributed by atoms with Crippen LogP contribution in [0.3, 0.4) is 0 Å². The highest BCUT2D eigenvalue weighted by atomic mass is 16.2. The monoisotopic (exact) mass is 265 g/mol. The van der Waals surface area contributed by atoms with Crippen molar-refractivity contribution in [3.05, 3.63) is 36.4 Å². The molecule has 4 heteroatoms. The standard InChI is InChI=1S/C16H15N3O/c1-3-12-9-16(20)19(11-12)15-10-14(17-18(15)2)13-7-5-4-6-8-13/h1,4-8,10,12H,9,11H2,2H3. The van der Waals surface area contributed by atoms with Crippen molar-refractivity contribution < 1.29 is 4.79 Å². The van der Waals surface area contributed by atoms with E-state index in [0.29, 0.717) is 13.0 Å². The number of nitrogens with zero attached hydrogens (tertiary/aromatic N) is 3. The lowest BCUT2D eigenvalue weighted by atomic mass is 10.1. The summed E-state index contributed by atoms with van der Waals surface area (Å²) < 4.78 is 1.74. The molecule has 2 heterocycles. The summed E-state index contributed by atoms with van der Waals surface area (Å²) in [5.74, 6) is 3.52. The van der Waals surface area contributed by atoms with Crippen molar-refractivity contribution in [1.29, 1.82) is 0 Å². The molecule has 1 aromatic heterocycles. The first-order valence-corrected chi connectivity index (χ1v) is 6.55. The van der Waals surface area contributed by atoms with Crippen LogP contribution in [0.15, 0.2) is 36.4 Å². The van der Waals surface area contributed by atoms with Crippen molar-refractivity contribution in [2.24, 2.45) is 13.0 Å². The van der Waals surface area contributed by atoms with Gasteiger partial charge in [0.25, 0.3) is 0 Å². The highest BCUT2D eigenvalue weighted by Gasteiger charge is 2.31. The fourth-order valence-corrected chi connectivity index (χ4v) is 2.50. The van der Waals surface area contributed by atoms with E-state index in [1.807, 2.05) is 43.4 Å². The van der Waals surface area contributed by atoms with E-state index in [2.05, 4.69) is 11.0 Å². The fourth-order valence-electron chi connectivity index (χ4n) is 2.50. The molecule has 1 saturated heterocycles. The summed E-state index contributed by atoms with van der Waals surface area (Å²) in [6.45, 7) is 0.573. The van der Waals surface area contributed by atoms with Crippen LogP contribution >= 0.6 is 0 Å². The summed E-state index contributed by atoms with van der Waals surface area (Å²) in [5, 5.41) is 4.48. The summed E-state index contributed by atoms with van der Waals surface area (Å²) in [6, 6.07) is 11.9. The van der Waals surface area contributed by atoms with Crippen molar-refractivity contribution in [2.75, 3.05) is 11.4 Å². The lowest BCUT2D eigenvalue weighted by Gasteiger charge is -2.15. The third-order valence-corrected chi connectivity index (χ3v) is 3.56. The molecule has 1 fully saturated rings. The average molecular weight is 265 g/mol. The van der Waals surface area contributed by atoms with Crippen LogP contribution in [0.1, 0.15) is 6.42 Å². The van der Waals surface area contributed by atoms with Gasteiger partial charge in [-0.25, -0.2) is 0 Å². The first kappa shape index (κ1) is 12.5. The lowest BCUT2D eigenvalue weighted by Crippen LogP contribution is -2.26. The molecule has 0 radical (unpaired) electrons. The van der Waals surface area contributed by atoms with Gasteiger partial charge in [0.2, 0.25) is 5.91 Å². The van der Waals surface area contributed by atoms with Crippen LogP contribution in [0.5, 0.6) is 0 Å². The number of hydrogen-bond acceptors (Lipinski definition) is 2. The van der Waals surface area contributed by atoms with Gasteiger partial charge >= 0.3 is 0 Å². The molecule has 3 rings (SSSR count). The molecule has 1 aliphatic rings. The van der Waals surface area contributed by atoms with Crippen molar-refractivity contribution in [1.82, 2.24) is 9.78 Å². The number of amides is 1. The van der Waals surface area contributed by atoms with E-state index in [1.54, 1.807) is 9.58 Å². The van der Waals surface area contributed by atoms with Gasteiger partial charge in [-0.3, -0.25) is 14.4 Å². The minimum atomic E-state index is -0.00225. The van der Waals surface area contributed by atoms with Gasteiger partial charge in [-0.1, -0.05) is 30.3 Å². The van der Waals surface area contributed by atoms with E-state index in [0.717, 1.165) is 17.1 Å². The zero-order valence-electron chi connectivity index (χ0n) is 11.3. The molecule has 0 saturated carbocycles. The molecule has 1 aromatic carbocycles. The van der Waals surface area contributed by atoms with Gasteiger partial charge in [-0.2, -0.15) is 5.10 Å². The zero-order valence-corrected chi connectivity index (χ0v) is 11.3. The Morgan fingerprint density at radius 3 is 2.75 bits per heavy atom. The number of aryl methyl sites for hydroxylation is 1. The molecule has 100 valence electrons. The molecular formula is C16H15N3O. The van der Waals surface area contributed by atoms with Crippen LogP contribution < -0.4 is 4.90 Å². The number of anilines is 1. The van der Waals surface area contributed by atoms with Crippen molar-refractivity contribution in [3.63, 3.8) is 0 Å². The topological polar surface area (TPSA) is 38.1 Å². The maximum Gasteiger partial charge on any atom is 0.229 e. The van der Waals surface area contributed by atoms with Gasteiger partial charge in [-0.05, 0) is 0 Å². The van der Waals surface area contributed by atoms with Gasteiger partial charge in [0.1, 0.15) is 5.82 Å². The second-order valence-electron chi connectivity index (χ2n) is 4.95. The van der Waals surface area contributed by atoms with E-state index in [4.69, 9.17) is 6.42 Å². The smallest absolute Gasteiger partial charge is 0.229 e. The summed E-state index contributed by atoms with van der Waals surface area (Å²) in [7, 11) is 1.85. The van der Waals surface area contributed by atoms with E-state index in [1.165, 1.54) is 0 Å². The van der Waals surface area contributed by atoms with E-state index in [9.17, 15) is 4.79 Å². The fraction of sp³-hybridized carbons (Fsp3) is 0.250. The molecule has 0 N–H and O–H groups in total. The van der Waals surface area contributed by atoms with Gasteiger partial charge in [-0.15, -0.1) is 12.3 Å². The second-order valence-corrected chi connectivity index (χ2v) is 4.95. The number of rotatable bonds is 2. The largest absolute Gasteiger partial charge is 0.296 e. The zero-order chi connectivity index (χ0) is 14.1. The van der Waals surface area contributed by atoms with E-state index >= 15 is 0 Å². The molecule has 1 atom stereocenters. The Morgan fingerprint density at radius 2 is 2.10 bits per heavy atom. The second kappa shape index (κ2) is 4.86. The maximum atomic E-state index is 12.0.